The fourth-order valence-corrected chi connectivity index (χ4v) is 1.54. The Balaban J connectivity index is 2.38. The summed E-state index contributed by atoms with van der Waals surface area (Å²) in [4.78, 5) is 8.23. The van der Waals surface area contributed by atoms with Crippen molar-refractivity contribution in [3.63, 3.8) is 0 Å². The molecule has 0 radical (unpaired) electrons. The number of benzene rings is 1. The third kappa shape index (κ3) is 2.69. The number of hydrazine groups is 2. The van der Waals surface area contributed by atoms with Crippen LogP contribution in [0, 0.1) is 12.7 Å². The summed E-state index contributed by atoms with van der Waals surface area (Å²) in [6, 6.07) is 6.20. The first-order valence-corrected chi connectivity index (χ1v) is 5.49. The lowest BCUT2D eigenvalue weighted by molar-refractivity contribution is 0.631. The number of nitrogen functional groups attached to an aromatic ring is 2. The van der Waals surface area contributed by atoms with E-state index in [0.29, 0.717) is 17.2 Å². The number of nitrogens with one attached hydrogen (secondary N) is 3. The second-order valence-electron chi connectivity index (χ2n) is 3.76. The van der Waals surface area contributed by atoms with Crippen molar-refractivity contribution < 1.29 is 4.39 Å². The molecule has 1 aromatic carbocycles. The second kappa shape index (κ2) is 5.46. The number of para-hydroxylation sites is 1. The van der Waals surface area contributed by atoms with Crippen molar-refractivity contribution in [2.24, 2.45) is 11.7 Å². The van der Waals surface area contributed by atoms with Gasteiger partial charge < -0.3 is 16.2 Å². The minimum atomic E-state index is -0.406. The highest BCUT2D eigenvalue weighted by Gasteiger charge is 2.10. The van der Waals surface area contributed by atoms with E-state index in [1.807, 2.05) is 0 Å². The zero-order chi connectivity index (χ0) is 13.8. The number of aromatic nitrogens is 2. The van der Waals surface area contributed by atoms with E-state index in [-0.39, 0.29) is 11.6 Å². The summed E-state index contributed by atoms with van der Waals surface area (Å²) in [5.41, 5.74) is 5.78. The molecule has 7 N–H and O–H groups in total. The van der Waals surface area contributed by atoms with Crippen molar-refractivity contribution in [3.8, 4) is 0 Å². The van der Waals surface area contributed by atoms with Crippen LogP contribution in [0.1, 0.15) is 5.56 Å². The topological polar surface area (TPSA) is 114 Å². The number of halogens is 1. The van der Waals surface area contributed by atoms with E-state index in [4.69, 9.17) is 11.7 Å². The molecule has 0 spiro atoms. The summed E-state index contributed by atoms with van der Waals surface area (Å²) in [6.45, 7) is 1.75. The normalized spacial score (nSPS) is 10.1. The Kier molecular flexibility index (Phi) is 3.74. The standard InChI is InChI=1S/C11H14FN7/c1-6-9(18-13)16-11(17-10(6)19-14)15-8-5-3-2-4-7(8)12/h2-5H,13-14H2,1H3,(H3,15,16,17,18,19). The fraction of sp³-hybridized carbons (Fsp3) is 0.0909. The smallest absolute Gasteiger partial charge is 0.231 e. The lowest BCUT2D eigenvalue weighted by Gasteiger charge is -2.12. The monoisotopic (exact) mass is 263 g/mol. The number of anilines is 4. The molecule has 0 aliphatic rings. The van der Waals surface area contributed by atoms with Gasteiger partial charge in [-0.3, -0.25) is 0 Å². The van der Waals surface area contributed by atoms with Crippen LogP contribution in [-0.2, 0) is 0 Å². The van der Waals surface area contributed by atoms with Gasteiger partial charge in [-0.05, 0) is 19.1 Å². The molecule has 0 unspecified atom stereocenters. The summed E-state index contributed by atoms with van der Waals surface area (Å²) in [6.07, 6.45) is 0. The lowest BCUT2D eigenvalue weighted by atomic mass is 10.3. The SMILES string of the molecule is Cc1c(NN)nc(Nc2ccccc2F)nc1NN. The number of hydrogen-bond donors (Lipinski definition) is 5. The maximum Gasteiger partial charge on any atom is 0.231 e. The Morgan fingerprint density at radius 1 is 1.05 bits per heavy atom. The van der Waals surface area contributed by atoms with Crippen LogP contribution in [0.3, 0.4) is 0 Å². The molecule has 0 aliphatic carbocycles. The van der Waals surface area contributed by atoms with Crippen molar-refractivity contribution in [1.29, 1.82) is 0 Å². The number of hydrogen-bond acceptors (Lipinski definition) is 7. The van der Waals surface area contributed by atoms with E-state index in [1.54, 1.807) is 25.1 Å². The van der Waals surface area contributed by atoms with Crippen molar-refractivity contribution in [2.75, 3.05) is 16.2 Å². The zero-order valence-electron chi connectivity index (χ0n) is 10.2. The van der Waals surface area contributed by atoms with Crippen LogP contribution in [0.25, 0.3) is 0 Å². The molecule has 2 aromatic rings. The number of nitrogens with two attached hydrogens (primary N) is 2. The first-order valence-electron chi connectivity index (χ1n) is 5.49. The Morgan fingerprint density at radius 3 is 2.16 bits per heavy atom. The predicted molar refractivity (Wildman–Crippen MR) is 72.1 cm³/mol. The fourth-order valence-electron chi connectivity index (χ4n) is 1.54. The molecule has 1 heterocycles. The van der Waals surface area contributed by atoms with Crippen molar-refractivity contribution in [2.45, 2.75) is 6.92 Å². The van der Waals surface area contributed by atoms with Crippen molar-refractivity contribution in [3.05, 3.63) is 35.6 Å². The first-order chi connectivity index (χ1) is 9.15. The van der Waals surface area contributed by atoms with Crippen LogP contribution in [0.15, 0.2) is 24.3 Å². The quantitative estimate of drug-likeness (QED) is 0.416. The Morgan fingerprint density at radius 2 is 1.63 bits per heavy atom. The van der Waals surface area contributed by atoms with Crippen LogP contribution in [0.5, 0.6) is 0 Å². The van der Waals surface area contributed by atoms with Gasteiger partial charge >= 0.3 is 0 Å². The van der Waals surface area contributed by atoms with Gasteiger partial charge in [-0.25, -0.2) is 16.1 Å². The summed E-state index contributed by atoms with van der Waals surface area (Å²) in [5, 5.41) is 2.76. The minimum Gasteiger partial charge on any atom is -0.322 e. The summed E-state index contributed by atoms with van der Waals surface area (Å²) in [5.74, 6) is 11.3. The summed E-state index contributed by atoms with van der Waals surface area (Å²) < 4.78 is 13.5. The van der Waals surface area contributed by atoms with Gasteiger partial charge in [-0.2, -0.15) is 9.97 Å². The molecule has 19 heavy (non-hydrogen) atoms. The number of nitrogens with zero attached hydrogens (tertiary/aromatic N) is 2. The Labute approximate surface area is 109 Å². The molecule has 0 bridgehead atoms. The highest BCUT2D eigenvalue weighted by Crippen LogP contribution is 2.23. The molecule has 0 amide bonds. The second-order valence-corrected chi connectivity index (χ2v) is 3.76. The minimum absolute atomic E-state index is 0.177. The molecule has 8 heteroatoms. The van der Waals surface area contributed by atoms with Crippen LogP contribution >= 0.6 is 0 Å². The van der Waals surface area contributed by atoms with Crippen LogP contribution in [0.2, 0.25) is 0 Å². The molecule has 1 aromatic heterocycles. The van der Waals surface area contributed by atoms with E-state index < -0.39 is 5.82 Å². The average molecular weight is 263 g/mol. The van der Waals surface area contributed by atoms with Gasteiger partial charge in [0.25, 0.3) is 0 Å². The Hall–Kier alpha value is -2.45. The van der Waals surface area contributed by atoms with Gasteiger partial charge in [0.1, 0.15) is 5.82 Å². The van der Waals surface area contributed by atoms with Crippen molar-refractivity contribution >= 4 is 23.3 Å². The summed E-state index contributed by atoms with van der Waals surface area (Å²) >= 11 is 0. The van der Waals surface area contributed by atoms with E-state index in [2.05, 4.69) is 26.1 Å². The van der Waals surface area contributed by atoms with E-state index in [0.717, 1.165) is 0 Å². The third-order valence-electron chi connectivity index (χ3n) is 2.54. The summed E-state index contributed by atoms with van der Waals surface area (Å²) in [7, 11) is 0. The first kappa shape index (κ1) is 13.0. The largest absolute Gasteiger partial charge is 0.322 e. The highest BCUT2D eigenvalue weighted by molar-refractivity contribution is 5.63. The average Bonchev–Trinajstić information content (AvgIpc) is 2.43. The molecule has 0 fully saturated rings. The number of rotatable bonds is 4. The van der Waals surface area contributed by atoms with Crippen LogP contribution < -0.4 is 27.9 Å². The van der Waals surface area contributed by atoms with Gasteiger partial charge in [0.15, 0.2) is 11.6 Å². The van der Waals surface area contributed by atoms with Crippen molar-refractivity contribution in [1.82, 2.24) is 9.97 Å². The highest BCUT2D eigenvalue weighted by atomic mass is 19.1. The molecule has 0 aliphatic heterocycles. The molecular weight excluding hydrogens is 249 g/mol. The predicted octanol–water partition coefficient (Wildman–Crippen LogP) is 1.24. The molecule has 100 valence electrons. The molecule has 7 nitrogen and oxygen atoms in total. The molecule has 0 saturated heterocycles. The third-order valence-corrected chi connectivity index (χ3v) is 2.54. The van der Waals surface area contributed by atoms with Crippen LogP contribution in [0.4, 0.5) is 27.7 Å². The van der Waals surface area contributed by atoms with Gasteiger partial charge in [0.2, 0.25) is 5.95 Å². The molecule has 2 rings (SSSR count). The Bertz CT molecular complexity index is 562. The maximum absolute atomic E-state index is 13.5. The van der Waals surface area contributed by atoms with Crippen LogP contribution in [-0.4, -0.2) is 9.97 Å². The molecule has 0 atom stereocenters. The van der Waals surface area contributed by atoms with Gasteiger partial charge in [0, 0.05) is 5.56 Å². The van der Waals surface area contributed by atoms with E-state index >= 15 is 0 Å². The van der Waals surface area contributed by atoms with E-state index in [9.17, 15) is 4.39 Å². The zero-order valence-corrected chi connectivity index (χ0v) is 10.2. The lowest BCUT2D eigenvalue weighted by Crippen LogP contribution is -2.17. The maximum atomic E-state index is 13.5. The van der Waals surface area contributed by atoms with E-state index in [1.165, 1.54) is 6.07 Å². The van der Waals surface area contributed by atoms with Gasteiger partial charge in [-0.1, -0.05) is 12.1 Å². The van der Waals surface area contributed by atoms with Gasteiger partial charge in [0.05, 0.1) is 5.69 Å². The molecule has 0 saturated carbocycles. The van der Waals surface area contributed by atoms with Gasteiger partial charge in [-0.15, -0.1) is 0 Å². The molecular formula is C11H14FN7.